The molecule has 4 rings (SSSR count). The van der Waals surface area contributed by atoms with Crippen LogP contribution >= 0.6 is 0 Å². The average Bonchev–Trinajstić information content (AvgIpc) is 3.02. The van der Waals surface area contributed by atoms with Crippen molar-refractivity contribution < 1.29 is 18.7 Å². The van der Waals surface area contributed by atoms with Crippen LogP contribution < -0.4 is 15.0 Å². The molecule has 2 amide bonds. The van der Waals surface area contributed by atoms with Crippen molar-refractivity contribution in [2.24, 2.45) is 0 Å². The molecule has 6 heteroatoms. The molecule has 32 heavy (non-hydrogen) atoms. The highest BCUT2D eigenvalue weighted by atomic mass is 19.1. The van der Waals surface area contributed by atoms with Crippen LogP contribution in [0.1, 0.15) is 23.6 Å². The summed E-state index contributed by atoms with van der Waals surface area (Å²) in [5.74, 6) is -0.593. The summed E-state index contributed by atoms with van der Waals surface area (Å²) in [5, 5.41) is 3.04. The van der Waals surface area contributed by atoms with Crippen molar-refractivity contribution in [3.05, 3.63) is 94.9 Å². The van der Waals surface area contributed by atoms with E-state index in [9.17, 15) is 14.0 Å². The van der Waals surface area contributed by atoms with Crippen molar-refractivity contribution >= 4 is 28.8 Å². The second kappa shape index (κ2) is 8.67. The van der Waals surface area contributed by atoms with Gasteiger partial charge >= 0.3 is 0 Å². The minimum atomic E-state index is -0.461. The summed E-state index contributed by atoms with van der Waals surface area (Å²) in [4.78, 5) is 28.2. The Hall–Kier alpha value is -3.93. The lowest BCUT2D eigenvalue weighted by atomic mass is 10.0. The van der Waals surface area contributed by atoms with Crippen LogP contribution in [0, 0.1) is 19.7 Å². The zero-order valence-electron chi connectivity index (χ0n) is 18.1. The van der Waals surface area contributed by atoms with Crippen LogP contribution in [-0.4, -0.2) is 18.4 Å². The molecule has 0 aromatic heterocycles. The molecule has 0 saturated carbocycles. The lowest BCUT2D eigenvalue weighted by Crippen LogP contribution is -2.33. The second-order valence-corrected chi connectivity index (χ2v) is 7.50. The Kier molecular flexibility index (Phi) is 5.77. The van der Waals surface area contributed by atoms with Crippen LogP contribution in [0.25, 0.3) is 5.57 Å². The van der Waals surface area contributed by atoms with Gasteiger partial charge in [0.15, 0.2) is 0 Å². The number of nitrogens with zero attached hydrogens (tertiary/aromatic N) is 1. The summed E-state index contributed by atoms with van der Waals surface area (Å²) in [5.41, 5.74) is 3.86. The van der Waals surface area contributed by atoms with E-state index in [0.717, 1.165) is 11.1 Å². The highest BCUT2D eigenvalue weighted by molar-refractivity contribution is 6.46. The summed E-state index contributed by atoms with van der Waals surface area (Å²) < 4.78 is 18.9. The monoisotopic (exact) mass is 430 g/mol. The minimum absolute atomic E-state index is 0.145. The van der Waals surface area contributed by atoms with Gasteiger partial charge in [-0.2, -0.15) is 0 Å². The van der Waals surface area contributed by atoms with Crippen LogP contribution in [0.3, 0.4) is 0 Å². The first-order valence-electron chi connectivity index (χ1n) is 10.4. The topological polar surface area (TPSA) is 58.6 Å². The molecule has 1 aliphatic rings. The van der Waals surface area contributed by atoms with Gasteiger partial charge in [-0.1, -0.05) is 24.3 Å². The van der Waals surface area contributed by atoms with Crippen LogP contribution in [0.2, 0.25) is 0 Å². The molecule has 0 atom stereocenters. The Bertz CT molecular complexity index is 1210. The summed E-state index contributed by atoms with van der Waals surface area (Å²) in [6.07, 6.45) is 0. The van der Waals surface area contributed by atoms with Gasteiger partial charge in [0.25, 0.3) is 11.8 Å². The van der Waals surface area contributed by atoms with Crippen LogP contribution in [0.4, 0.5) is 15.8 Å². The quantitative estimate of drug-likeness (QED) is 0.544. The molecular weight excluding hydrogens is 407 g/mol. The third-order valence-electron chi connectivity index (χ3n) is 5.47. The molecule has 3 aromatic rings. The van der Waals surface area contributed by atoms with Crippen molar-refractivity contribution in [1.82, 2.24) is 0 Å². The fourth-order valence-corrected chi connectivity index (χ4v) is 3.67. The zero-order valence-corrected chi connectivity index (χ0v) is 18.1. The summed E-state index contributed by atoms with van der Waals surface area (Å²) in [6.45, 7) is 6.23. The molecule has 0 radical (unpaired) electrons. The summed E-state index contributed by atoms with van der Waals surface area (Å²) >= 11 is 0. The molecule has 0 aliphatic carbocycles. The minimum Gasteiger partial charge on any atom is -0.494 e. The van der Waals surface area contributed by atoms with E-state index in [2.05, 4.69) is 5.32 Å². The molecule has 1 N–H and O–H groups in total. The Labute approximate surface area is 186 Å². The van der Waals surface area contributed by atoms with Crippen LogP contribution in [-0.2, 0) is 9.59 Å². The van der Waals surface area contributed by atoms with Gasteiger partial charge in [-0.15, -0.1) is 0 Å². The first kappa shape index (κ1) is 21.3. The van der Waals surface area contributed by atoms with Gasteiger partial charge in [0.05, 0.1) is 17.9 Å². The fraction of sp³-hybridized carbons (Fsp3) is 0.154. The molecular formula is C26H23FN2O3. The predicted molar refractivity (Wildman–Crippen MR) is 123 cm³/mol. The molecule has 0 spiro atoms. The summed E-state index contributed by atoms with van der Waals surface area (Å²) in [7, 11) is 0. The van der Waals surface area contributed by atoms with Gasteiger partial charge in [0.1, 0.15) is 17.3 Å². The van der Waals surface area contributed by atoms with E-state index < -0.39 is 11.8 Å². The number of hydrogen-bond acceptors (Lipinski definition) is 4. The Morgan fingerprint density at radius 3 is 2.25 bits per heavy atom. The maximum atomic E-state index is 13.6. The van der Waals surface area contributed by atoms with Gasteiger partial charge in [0, 0.05) is 5.69 Å². The predicted octanol–water partition coefficient (Wildman–Crippen LogP) is 5.24. The molecule has 0 unspecified atom stereocenters. The van der Waals surface area contributed by atoms with Gasteiger partial charge in [-0.05, 0) is 79.9 Å². The summed E-state index contributed by atoms with van der Waals surface area (Å²) in [6, 6.07) is 18.2. The highest BCUT2D eigenvalue weighted by Crippen LogP contribution is 2.36. The molecule has 3 aromatic carbocycles. The molecule has 162 valence electrons. The van der Waals surface area contributed by atoms with Crippen molar-refractivity contribution in [3.63, 3.8) is 0 Å². The van der Waals surface area contributed by atoms with Gasteiger partial charge in [-0.25, -0.2) is 9.29 Å². The second-order valence-electron chi connectivity index (χ2n) is 7.50. The van der Waals surface area contributed by atoms with E-state index in [4.69, 9.17) is 4.74 Å². The lowest BCUT2D eigenvalue weighted by molar-refractivity contribution is -0.120. The first-order valence-corrected chi connectivity index (χ1v) is 10.4. The Morgan fingerprint density at radius 2 is 1.59 bits per heavy atom. The molecule has 0 fully saturated rings. The Balaban J connectivity index is 1.81. The molecule has 1 aliphatic heterocycles. The van der Waals surface area contributed by atoms with E-state index in [1.54, 1.807) is 30.3 Å². The number of benzene rings is 3. The molecule has 1 heterocycles. The maximum absolute atomic E-state index is 13.6. The number of anilines is 2. The number of hydrogen-bond donors (Lipinski definition) is 1. The van der Waals surface area contributed by atoms with Gasteiger partial charge in [-0.3, -0.25) is 9.59 Å². The third-order valence-corrected chi connectivity index (χ3v) is 5.47. The number of carbonyl (C=O) groups is 2. The van der Waals surface area contributed by atoms with Gasteiger partial charge < -0.3 is 10.1 Å². The third kappa shape index (κ3) is 3.87. The first-order chi connectivity index (χ1) is 15.4. The standard InChI is InChI=1S/C26H23FN2O3/c1-4-32-21-14-8-18(9-15-21)23-24(28-20-12-10-19(27)11-13-20)26(31)29(25(23)30)22-7-5-6-16(2)17(22)3/h5-15,28H,4H2,1-3H3. The smallest absolute Gasteiger partial charge is 0.282 e. The number of amides is 2. The van der Waals surface area contributed by atoms with E-state index >= 15 is 0 Å². The van der Waals surface area contributed by atoms with E-state index in [1.807, 2.05) is 32.9 Å². The van der Waals surface area contributed by atoms with E-state index in [0.29, 0.717) is 29.3 Å². The molecule has 5 nitrogen and oxygen atoms in total. The molecule has 0 bridgehead atoms. The van der Waals surface area contributed by atoms with Crippen molar-refractivity contribution in [2.75, 3.05) is 16.8 Å². The highest BCUT2D eigenvalue weighted by Gasteiger charge is 2.41. The average molecular weight is 430 g/mol. The van der Waals surface area contributed by atoms with Crippen molar-refractivity contribution in [3.8, 4) is 5.75 Å². The van der Waals surface area contributed by atoms with Crippen molar-refractivity contribution in [1.29, 1.82) is 0 Å². The number of aryl methyl sites for hydroxylation is 1. The molecule has 0 saturated heterocycles. The number of imide groups is 1. The largest absolute Gasteiger partial charge is 0.494 e. The van der Waals surface area contributed by atoms with Crippen LogP contribution in [0.15, 0.2) is 72.4 Å². The van der Waals surface area contributed by atoms with Crippen LogP contribution in [0.5, 0.6) is 5.75 Å². The fourth-order valence-electron chi connectivity index (χ4n) is 3.67. The zero-order chi connectivity index (χ0) is 22.8. The van der Waals surface area contributed by atoms with Gasteiger partial charge in [0.2, 0.25) is 0 Å². The lowest BCUT2D eigenvalue weighted by Gasteiger charge is -2.19. The number of nitrogens with one attached hydrogen (secondary N) is 1. The van der Waals surface area contributed by atoms with Crippen molar-refractivity contribution in [2.45, 2.75) is 20.8 Å². The number of ether oxygens (including phenoxy) is 1. The van der Waals surface area contributed by atoms with E-state index in [1.165, 1.54) is 29.2 Å². The Morgan fingerprint density at radius 1 is 0.906 bits per heavy atom. The number of halogens is 1. The van der Waals surface area contributed by atoms with E-state index in [-0.39, 0.29) is 17.1 Å². The SMILES string of the molecule is CCOc1ccc(C2=C(Nc3ccc(F)cc3)C(=O)N(c3cccc(C)c3C)C2=O)cc1. The number of rotatable bonds is 6. The number of carbonyl (C=O) groups excluding carboxylic acids is 2. The maximum Gasteiger partial charge on any atom is 0.282 e. The normalized spacial score (nSPS) is 13.7.